The molecule has 0 aliphatic carbocycles. The molecule has 15 heavy (non-hydrogen) atoms. The molecule has 0 amide bonds. The minimum absolute atomic E-state index is 0.0833. The van der Waals surface area contributed by atoms with E-state index < -0.39 is 5.97 Å². The average molecular weight is 216 g/mol. The zero-order chi connectivity index (χ0) is 13.0. The van der Waals surface area contributed by atoms with Gasteiger partial charge in [0.25, 0.3) is 0 Å². The van der Waals surface area contributed by atoms with E-state index in [1.807, 2.05) is 0 Å². The summed E-state index contributed by atoms with van der Waals surface area (Å²) in [6, 6.07) is 0. The highest BCUT2D eigenvalue weighted by molar-refractivity contribution is 5.93. The highest BCUT2D eigenvalue weighted by Gasteiger charge is 1.98. The highest BCUT2D eigenvalue weighted by Crippen LogP contribution is 1.77. The van der Waals surface area contributed by atoms with E-state index in [0.717, 1.165) is 0 Å². The van der Waals surface area contributed by atoms with Crippen LogP contribution in [0.4, 0.5) is 0 Å². The van der Waals surface area contributed by atoms with Crippen LogP contribution in [-0.2, 0) is 9.59 Å². The van der Waals surface area contributed by atoms with Crippen LogP contribution in [0.25, 0.3) is 0 Å². The number of carbonyl (C=O) groups is 2. The monoisotopic (exact) mass is 216 g/mol. The lowest BCUT2D eigenvalue weighted by Crippen LogP contribution is -2.00. The van der Waals surface area contributed by atoms with Crippen LogP contribution in [0.1, 0.15) is 27.2 Å². The Morgan fingerprint density at radius 2 is 1.27 bits per heavy atom. The number of hydrogen-bond acceptors (Lipinski definition) is 4. The van der Waals surface area contributed by atoms with Gasteiger partial charge >= 0.3 is 5.97 Å². The molecule has 1 N–H and O–H groups in total. The fraction of sp³-hybridized carbons (Fsp3) is 0.400. The number of ketones is 1. The Kier molecular flexibility index (Phi) is 15.4. The van der Waals surface area contributed by atoms with Crippen LogP contribution in [0.3, 0.4) is 0 Å². The molecule has 0 saturated heterocycles. The lowest BCUT2D eigenvalue weighted by atomic mass is 10.3. The smallest absolute Gasteiger partial charge is 0.310 e. The zero-order valence-electron chi connectivity index (χ0n) is 9.20. The van der Waals surface area contributed by atoms with Crippen LogP contribution in [0, 0.1) is 0 Å². The van der Waals surface area contributed by atoms with Gasteiger partial charge in [-0.15, -0.1) is 24.7 Å². The fourth-order valence-corrected chi connectivity index (χ4v) is 0.213. The molecule has 0 aromatic carbocycles. The maximum atomic E-state index is 9.87. The minimum atomic E-state index is -1.06. The third-order valence-corrected chi connectivity index (χ3v) is 0.400. The molecule has 0 aromatic heterocycles. The van der Waals surface area contributed by atoms with Crippen molar-refractivity contribution in [1.29, 1.82) is 0 Å². The van der Waals surface area contributed by atoms with Gasteiger partial charge in [-0.1, -0.05) is 13.8 Å². The van der Waals surface area contributed by atoms with E-state index in [4.69, 9.17) is 5.11 Å². The van der Waals surface area contributed by atoms with Crippen molar-refractivity contribution in [2.45, 2.75) is 27.2 Å². The molecule has 88 valence electrons. The van der Waals surface area contributed by atoms with E-state index in [1.165, 1.54) is 20.8 Å². The normalized spacial score (nSPS) is 7.13. The predicted molar refractivity (Wildman–Crippen MR) is 52.6 cm³/mol. The van der Waals surface area contributed by atoms with Crippen molar-refractivity contribution in [3.05, 3.63) is 24.7 Å². The summed E-state index contributed by atoms with van der Waals surface area (Å²) < 4.78 is 0. The quantitative estimate of drug-likeness (QED) is 0.509. The van der Waals surface area contributed by atoms with Gasteiger partial charge in [0.2, 0.25) is 0 Å². The van der Waals surface area contributed by atoms with Crippen molar-refractivity contribution in [2.75, 3.05) is 0 Å². The molecule has 0 unspecified atom stereocenters. The molecule has 5 nitrogen and oxygen atoms in total. The van der Waals surface area contributed by atoms with Crippen LogP contribution in [0.2, 0.25) is 0 Å². The Hall–Kier alpha value is -1.78. The molecule has 0 spiro atoms. The maximum Gasteiger partial charge on any atom is 0.310 e. The van der Waals surface area contributed by atoms with Crippen LogP contribution in [0.15, 0.2) is 24.7 Å². The number of allylic oxidation sites excluding steroid dienone is 2. The van der Waals surface area contributed by atoms with Crippen molar-refractivity contribution in [2.24, 2.45) is 0 Å². The topological polar surface area (TPSA) is 100 Å². The fourth-order valence-electron chi connectivity index (χ4n) is 0.213. The van der Waals surface area contributed by atoms with Gasteiger partial charge in [0.15, 0.2) is 0 Å². The van der Waals surface area contributed by atoms with Gasteiger partial charge in [-0.05, 0) is 6.92 Å². The first-order valence-corrected chi connectivity index (χ1v) is 3.95. The Labute approximate surface area is 89.4 Å². The van der Waals surface area contributed by atoms with Crippen molar-refractivity contribution < 1.29 is 24.9 Å². The SMILES string of the molecule is C=C(C)[O-].C=C(C)[O-].CC(=O)CC(=O)O. The largest absolute Gasteiger partial charge is 0.876 e. The molecular formula is C10H16O5-2. The summed E-state index contributed by atoms with van der Waals surface area (Å²) in [7, 11) is 0. The molecule has 0 rings (SSSR count). The number of Topliss-reactive ketones (excluding diaryl/α,β-unsaturated/α-hetero) is 1. The van der Waals surface area contributed by atoms with Crippen LogP contribution in [-0.4, -0.2) is 16.9 Å². The second-order valence-electron chi connectivity index (χ2n) is 2.68. The third-order valence-electron chi connectivity index (χ3n) is 0.400. The Morgan fingerprint density at radius 3 is 1.27 bits per heavy atom. The standard InChI is InChI=1S/C4H6O3.2C3H6O/c1-3(5)2-4(6)7;2*1-3(2)4/h2H2,1H3,(H,6,7);2*4H,1H2,2H3/p-2. The Morgan fingerprint density at radius 1 is 1.07 bits per heavy atom. The lowest BCUT2D eigenvalue weighted by Gasteiger charge is -1.92. The summed E-state index contributed by atoms with van der Waals surface area (Å²) in [4.78, 5) is 19.5. The number of hydrogen-bond donors (Lipinski definition) is 1. The van der Waals surface area contributed by atoms with E-state index in [2.05, 4.69) is 13.2 Å². The molecule has 0 aliphatic rings. The summed E-state index contributed by atoms with van der Waals surface area (Å²) in [5.41, 5.74) is 0. The molecule has 0 heterocycles. The summed E-state index contributed by atoms with van der Waals surface area (Å²) in [6.45, 7) is 10.1. The molecular weight excluding hydrogens is 200 g/mol. The van der Waals surface area contributed by atoms with Crippen LogP contribution >= 0.6 is 0 Å². The van der Waals surface area contributed by atoms with Crippen LogP contribution < -0.4 is 10.2 Å². The van der Waals surface area contributed by atoms with E-state index in [9.17, 15) is 19.8 Å². The van der Waals surface area contributed by atoms with Gasteiger partial charge in [-0.25, -0.2) is 0 Å². The number of rotatable bonds is 2. The van der Waals surface area contributed by atoms with Crippen molar-refractivity contribution in [3.8, 4) is 0 Å². The first kappa shape index (κ1) is 18.9. The van der Waals surface area contributed by atoms with E-state index in [0.29, 0.717) is 0 Å². The summed E-state index contributed by atoms with van der Waals surface area (Å²) in [5, 5.41) is 26.5. The van der Waals surface area contributed by atoms with Crippen molar-refractivity contribution >= 4 is 11.8 Å². The van der Waals surface area contributed by atoms with Crippen molar-refractivity contribution in [1.82, 2.24) is 0 Å². The van der Waals surface area contributed by atoms with E-state index >= 15 is 0 Å². The number of aliphatic carboxylic acids is 1. The van der Waals surface area contributed by atoms with Crippen molar-refractivity contribution in [3.63, 3.8) is 0 Å². The number of carbonyl (C=O) groups excluding carboxylic acids is 1. The van der Waals surface area contributed by atoms with E-state index in [-0.39, 0.29) is 23.7 Å². The van der Waals surface area contributed by atoms with E-state index in [1.54, 1.807) is 0 Å². The zero-order valence-corrected chi connectivity index (χ0v) is 9.20. The Bertz CT molecular complexity index is 198. The van der Waals surface area contributed by atoms with Gasteiger partial charge in [-0.2, -0.15) is 0 Å². The summed E-state index contributed by atoms with van der Waals surface area (Å²) in [5.74, 6) is -1.54. The molecule has 0 atom stereocenters. The average Bonchev–Trinajstić information content (AvgIpc) is 1.78. The van der Waals surface area contributed by atoms with Gasteiger partial charge in [0.05, 0.1) is 0 Å². The van der Waals surface area contributed by atoms with Gasteiger partial charge in [0, 0.05) is 0 Å². The second-order valence-corrected chi connectivity index (χ2v) is 2.68. The maximum absolute atomic E-state index is 9.87. The lowest BCUT2D eigenvalue weighted by molar-refractivity contribution is -0.301. The summed E-state index contributed by atoms with van der Waals surface area (Å²) in [6.07, 6.45) is -0.361. The molecule has 0 bridgehead atoms. The second kappa shape index (κ2) is 12.2. The van der Waals surface area contributed by atoms with Gasteiger partial charge in [0.1, 0.15) is 12.2 Å². The summed E-state index contributed by atoms with van der Waals surface area (Å²) >= 11 is 0. The molecule has 0 aliphatic heterocycles. The molecule has 5 heteroatoms. The Balaban J connectivity index is -0.000000155. The molecule has 0 radical (unpaired) electrons. The molecule has 0 fully saturated rings. The molecule has 0 aromatic rings. The van der Waals surface area contributed by atoms with Gasteiger partial charge < -0.3 is 15.3 Å². The first-order chi connectivity index (χ1) is 6.59. The first-order valence-electron chi connectivity index (χ1n) is 3.95. The predicted octanol–water partition coefficient (Wildman–Crippen LogP) is -0.189. The highest BCUT2D eigenvalue weighted by atomic mass is 16.4. The minimum Gasteiger partial charge on any atom is -0.876 e. The number of carboxylic acid groups (broad SMARTS) is 1. The number of carboxylic acids is 1. The van der Waals surface area contributed by atoms with Gasteiger partial charge in [-0.3, -0.25) is 9.59 Å². The third kappa shape index (κ3) is 259. The molecule has 0 saturated carbocycles. The van der Waals surface area contributed by atoms with Crippen LogP contribution in [0.5, 0.6) is 0 Å².